The Bertz CT molecular complexity index is 1090. The number of benzene rings is 2. The first-order valence-electron chi connectivity index (χ1n) is 10.3. The number of likely N-dealkylation sites (tertiary alicyclic amines) is 1. The lowest BCUT2D eigenvalue weighted by Crippen LogP contribution is -2.38. The monoisotopic (exact) mass is 406 g/mol. The Morgan fingerprint density at radius 2 is 1.97 bits per heavy atom. The van der Waals surface area contributed by atoms with Crippen LogP contribution in [0.1, 0.15) is 24.4 Å². The predicted molar refractivity (Wildman–Crippen MR) is 116 cm³/mol. The van der Waals surface area contributed by atoms with Crippen LogP contribution < -0.4 is 15.5 Å². The Morgan fingerprint density at radius 3 is 2.77 bits per heavy atom. The Balaban J connectivity index is 1.49. The molecule has 1 fully saturated rings. The summed E-state index contributed by atoms with van der Waals surface area (Å²) in [5.74, 6) is 0.676. The molecule has 1 atom stereocenters. The van der Waals surface area contributed by atoms with Gasteiger partial charge in [-0.25, -0.2) is 0 Å². The van der Waals surface area contributed by atoms with Crippen molar-refractivity contribution in [3.8, 4) is 5.75 Å². The van der Waals surface area contributed by atoms with Crippen LogP contribution in [-0.2, 0) is 11.3 Å². The number of para-hydroxylation sites is 1. The fraction of sp³-hybridized carbons (Fsp3) is 0.348. The van der Waals surface area contributed by atoms with Crippen LogP contribution in [0.4, 0.5) is 0 Å². The molecule has 1 saturated heterocycles. The first kappa shape index (κ1) is 20.1. The van der Waals surface area contributed by atoms with Crippen molar-refractivity contribution in [3.63, 3.8) is 0 Å². The highest BCUT2D eigenvalue weighted by molar-refractivity contribution is 5.81. The van der Waals surface area contributed by atoms with E-state index >= 15 is 0 Å². The largest absolute Gasteiger partial charge is 0.497 e. The maximum Gasteiger partial charge on any atom is 0.241 e. The molecule has 7 heteroatoms. The lowest BCUT2D eigenvalue weighted by molar-refractivity contribution is -0.122. The quantitative estimate of drug-likeness (QED) is 0.652. The Labute approximate surface area is 175 Å². The summed E-state index contributed by atoms with van der Waals surface area (Å²) in [5.41, 5.74) is 1.64. The second-order valence-corrected chi connectivity index (χ2v) is 7.52. The molecule has 7 nitrogen and oxygen atoms in total. The number of ether oxygens (including phenoxy) is 1. The van der Waals surface area contributed by atoms with Gasteiger partial charge in [-0.05, 0) is 55.8 Å². The number of aromatic nitrogens is 2. The number of methoxy groups -OCH3 is 1. The summed E-state index contributed by atoms with van der Waals surface area (Å²) >= 11 is 0. The molecule has 1 aliphatic heterocycles. The standard InChI is InChI=1S/C23H26N4O3/c1-30-18-8-6-7-17(13-18)21(26-11-4-5-12-26)14-24-23(29)16-27-20-10-3-2-9-19(20)22(28)15-25-27/h2-3,6-10,13,15,21H,4-5,11-12,14,16H2,1H3,(H,24,29). The summed E-state index contributed by atoms with van der Waals surface area (Å²) in [6.45, 7) is 2.60. The molecule has 1 aromatic heterocycles. The van der Waals surface area contributed by atoms with E-state index in [-0.39, 0.29) is 23.9 Å². The normalized spacial score (nSPS) is 15.2. The van der Waals surface area contributed by atoms with Gasteiger partial charge in [0.15, 0.2) is 0 Å². The molecule has 3 aromatic rings. The number of nitrogens with one attached hydrogen (secondary N) is 1. The molecule has 156 valence electrons. The van der Waals surface area contributed by atoms with Gasteiger partial charge in [0.05, 0.1) is 24.9 Å². The van der Waals surface area contributed by atoms with E-state index in [9.17, 15) is 9.59 Å². The number of fused-ring (bicyclic) bond motifs is 1. The number of hydrogen-bond donors (Lipinski definition) is 1. The van der Waals surface area contributed by atoms with E-state index in [1.807, 2.05) is 30.3 Å². The van der Waals surface area contributed by atoms with Crippen molar-refractivity contribution < 1.29 is 9.53 Å². The molecular weight excluding hydrogens is 380 g/mol. The molecule has 0 aliphatic carbocycles. The minimum atomic E-state index is -0.144. The summed E-state index contributed by atoms with van der Waals surface area (Å²) in [4.78, 5) is 27.1. The van der Waals surface area contributed by atoms with Crippen LogP contribution in [0.5, 0.6) is 5.75 Å². The summed E-state index contributed by atoms with van der Waals surface area (Å²) in [7, 11) is 1.66. The van der Waals surface area contributed by atoms with Gasteiger partial charge in [-0.3, -0.25) is 19.2 Å². The van der Waals surface area contributed by atoms with Crippen molar-refractivity contribution in [1.82, 2.24) is 20.0 Å². The SMILES string of the molecule is COc1cccc(C(CNC(=O)Cn2ncc(=O)c3ccccc32)N2CCCC2)c1. The molecule has 30 heavy (non-hydrogen) atoms. The van der Waals surface area contributed by atoms with Gasteiger partial charge in [-0.1, -0.05) is 24.3 Å². The molecule has 2 heterocycles. The minimum absolute atomic E-state index is 0.0611. The maximum atomic E-state index is 12.7. The summed E-state index contributed by atoms with van der Waals surface area (Å²) < 4.78 is 6.95. The molecule has 0 bridgehead atoms. The van der Waals surface area contributed by atoms with E-state index in [1.165, 1.54) is 19.0 Å². The van der Waals surface area contributed by atoms with E-state index in [0.29, 0.717) is 17.4 Å². The van der Waals surface area contributed by atoms with E-state index in [1.54, 1.807) is 23.9 Å². The van der Waals surface area contributed by atoms with Gasteiger partial charge in [0.2, 0.25) is 11.3 Å². The van der Waals surface area contributed by atoms with Gasteiger partial charge in [0.25, 0.3) is 0 Å². The number of hydrogen-bond acceptors (Lipinski definition) is 5. The highest BCUT2D eigenvalue weighted by Crippen LogP contribution is 2.27. The zero-order valence-electron chi connectivity index (χ0n) is 17.1. The lowest BCUT2D eigenvalue weighted by atomic mass is 10.0. The fourth-order valence-electron chi connectivity index (χ4n) is 4.05. The van der Waals surface area contributed by atoms with Crippen molar-refractivity contribution in [2.24, 2.45) is 0 Å². The van der Waals surface area contributed by atoms with Gasteiger partial charge in [0.1, 0.15) is 12.3 Å². The first-order chi connectivity index (χ1) is 14.7. The molecule has 0 radical (unpaired) electrons. The number of carbonyl (C=O) groups is 1. The summed E-state index contributed by atoms with van der Waals surface area (Å²) in [5, 5.41) is 7.77. The van der Waals surface area contributed by atoms with Gasteiger partial charge in [-0.2, -0.15) is 5.10 Å². The number of amides is 1. The molecular formula is C23H26N4O3. The average molecular weight is 406 g/mol. The number of carbonyl (C=O) groups excluding carboxylic acids is 1. The molecule has 4 rings (SSSR count). The third-order valence-electron chi connectivity index (χ3n) is 5.61. The first-order valence-corrected chi connectivity index (χ1v) is 10.3. The fourth-order valence-corrected chi connectivity index (χ4v) is 4.05. The molecule has 1 aliphatic rings. The van der Waals surface area contributed by atoms with Crippen molar-refractivity contribution in [2.75, 3.05) is 26.7 Å². The minimum Gasteiger partial charge on any atom is -0.497 e. The average Bonchev–Trinajstić information content (AvgIpc) is 3.31. The van der Waals surface area contributed by atoms with Crippen LogP contribution in [0.25, 0.3) is 10.9 Å². The highest BCUT2D eigenvalue weighted by atomic mass is 16.5. The number of rotatable bonds is 7. The third kappa shape index (κ3) is 4.36. The Morgan fingerprint density at radius 1 is 1.17 bits per heavy atom. The van der Waals surface area contributed by atoms with E-state index in [0.717, 1.165) is 24.4 Å². The zero-order valence-corrected chi connectivity index (χ0v) is 17.1. The molecule has 0 saturated carbocycles. The lowest BCUT2D eigenvalue weighted by Gasteiger charge is -2.28. The van der Waals surface area contributed by atoms with E-state index in [2.05, 4.69) is 21.4 Å². The summed E-state index contributed by atoms with van der Waals surface area (Å²) in [6.07, 6.45) is 3.60. The second-order valence-electron chi connectivity index (χ2n) is 7.52. The summed E-state index contributed by atoms with van der Waals surface area (Å²) in [6, 6.07) is 15.3. The van der Waals surface area contributed by atoms with Crippen LogP contribution >= 0.6 is 0 Å². The Hall–Kier alpha value is -3.19. The van der Waals surface area contributed by atoms with Crippen molar-refractivity contribution in [2.45, 2.75) is 25.4 Å². The van der Waals surface area contributed by atoms with Crippen molar-refractivity contribution in [3.05, 3.63) is 70.5 Å². The maximum absolute atomic E-state index is 12.7. The predicted octanol–water partition coefficient (Wildman–Crippen LogP) is 2.36. The third-order valence-corrected chi connectivity index (χ3v) is 5.61. The molecule has 1 unspecified atom stereocenters. The van der Waals surface area contributed by atoms with Crippen molar-refractivity contribution in [1.29, 1.82) is 0 Å². The van der Waals surface area contributed by atoms with Crippen molar-refractivity contribution >= 4 is 16.8 Å². The van der Waals surface area contributed by atoms with Crippen LogP contribution in [0.15, 0.2) is 59.5 Å². The smallest absolute Gasteiger partial charge is 0.241 e. The Kier molecular flexibility index (Phi) is 6.09. The van der Waals surface area contributed by atoms with Crippen LogP contribution in [-0.4, -0.2) is 47.3 Å². The molecule has 1 amide bonds. The highest BCUT2D eigenvalue weighted by Gasteiger charge is 2.24. The van der Waals surface area contributed by atoms with Crippen LogP contribution in [0.2, 0.25) is 0 Å². The van der Waals surface area contributed by atoms with E-state index in [4.69, 9.17) is 4.74 Å². The topological polar surface area (TPSA) is 76.5 Å². The zero-order chi connectivity index (χ0) is 20.9. The molecule has 0 spiro atoms. The van der Waals surface area contributed by atoms with E-state index < -0.39 is 0 Å². The van der Waals surface area contributed by atoms with Gasteiger partial charge < -0.3 is 10.1 Å². The van der Waals surface area contributed by atoms with Crippen LogP contribution in [0, 0.1) is 0 Å². The van der Waals surface area contributed by atoms with Gasteiger partial charge in [-0.15, -0.1) is 0 Å². The van der Waals surface area contributed by atoms with Crippen LogP contribution in [0.3, 0.4) is 0 Å². The van der Waals surface area contributed by atoms with Gasteiger partial charge in [0, 0.05) is 11.9 Å². The molecule has 2 aromatic carbocycles. The second kappa shape index (κ2) is 9.09. The number of nitrogens with zero attached hydrogens (tertiary/aromatic N) is 3. The molecule has 1 N–H and O–H groups in total. The van der Waals surface area contributed by atoms with Gasteiger partial charge >= 0.3 is 0 Å².